The molecule has 0 aromatic carbocycles. The number of aromatic nitrogens is 1. The van der Waals surface area contributed by atoms with Crippen molar-refractivity contribution in [3.05, 3.63) is 20.1 Å². The van der Waals surface area contributed by atoms with E-state index in [4.69, 9.17) is 10.8 Å². The van der Waals surface area contributed by atoms with Crippen LogP contribution in [0.5, 0.6) is 5.75 Å². The summed E-state index contributed by atoms with van der Waals surface area (Å²) in [5.41, 5.74) is 4.59. The molecule has 0 bridgehead atoms. The molecule has 0 unspecified atom stereocenters. The molecule has 0 saturated heterocycles. The second-order valence-corrected chi connectivity index (χ2v) is 2.89. The molecule has 54 valence electrons. The van der Waals surface area contributed by atoms with Crippen molar-refractivity contribution in [2.75, 3.05) is 5.73 Å². The lowest BCUT2D eigenvalue weighted by Gasteiger charge is -1.97. The smallest absolute Gasteiger partial charge is 0.274 e. The summed E-state index contributed by atoms with van der Waals surface area (Å²) in [4.78, 5) is 13.0. The van der Waals surface area contributed by atoms with Gasteiger partial charge in [-0.1, -0.05) is 0 Å². The predicted octanol–water partition coefficient (Wildman–Crippen LogP) is 0.267. The van der Waals surface area contributed by atoms with E-state index in [0.717, 1.165) is 0 Å². The first-order valence-corrected chi connectivity index (χ1v) is 3.56. The topological polar surface area (TPSA) is 79.1 Å². The number of nitrogen functional groups attached to an aromatic ring is 1. The first-order chi connectivity index (χ1) is 4.63. The number of aromatic amines is 1. The summed E-state index contributed by atoms with van der Waals surface area (Å²) < 4.78 is 0.537. The molecule has 10 heavy (non-hydrogen) atoms. The van der Waals surface area contributed by atoms with E-state index in [-0.39, 0.29) is 11.4 Å². The molecule has 0 saturated carbocycles. The van der Waals surface area contributed by atoms with Crippen LogP contribution in [-0.4, -0.2) is 10.1 Å². The molecule has 4 N–H and O–H groups in total. The number of hydrogen-bond acceptors (Lipinski definition) is 3. The van der Waals surface area contributed by atoms with Crippen LogP contribution in [0.1, 0.15) is 0 Å². The number of anilines is 1. The van der Waals surface area contributed by atoms with E-state index in [1.54, 1.807) is 0 Å². The molecular weight excluding hydrogens is 247 g/mol. The molecule has 0 aliphatic carbocycles. The number of aromatic hydroxyl groups is 1. The third kappa shape index (κ3) is 1.08. The number of nitrogens with one attached hydrogen (secondary N) is 1. The van der Waals surface area contributed by atoms with E-state index in [1.807, 2.05) is 22.6 Å². The van der Waals surface area contributed by atoms with Crippen LogP contribution in [0.25, 0.3) is 0 Å². The van der Waals surface area contributed by atoms with Crippen molar-refractivity contribution in [1.29, 1.82) is 0 Å². The van der Waals surface area contributed by atoms with Crippen molar-refractivity contribution < 1.29 is 5.11 Å². The Labute approximate surface area is 70.2 Å². The highest BCUT2D eigenvalue weighted by Crippen LogP contribution is 2.20. The highest BCUT2D eigenvalue weighted by molar-refractivity contribution is 14.1. The van der Waals surface area contributed by atoms with Crippen LogP contribution in [0.15, 0.2) is 11.0 Å². The minimum atomic E-state index is -0.460. The second kappa shape index (κ2) is 2.49. The summed E-state index contributed by atoms with van der Waals surface area (Å²) in [5.74, 6) is -0.149. The number of H-pyrrole nitrogens is 1. The summed E-state index contributed by atoms with van der Waals surface area (Å²) in [7, 11) is 0. The van der Waals surface area contributed by atoms with Gasteiger partial charge in [0.05, 0.1) is 3.57 Å². The molecular formula is C5H5IN2O2. The van der Waals surface area contributed by atoms with Crippen molar-refractivity contribution >= 4 is 28.3 Å². The van der Waals surface area contributed by atoms with Gasteiger partial charge in [-0.2, -0.15) is 0 Å². The highest BCUT2D eigenvalue weighted by atomic mass is 127. The van der Waals surface area contributed by atoms with Crippen LogP contribution >= 0.6 is 22.6 Å². The average Bonchev–Trinajstić information content (AvgIpc) is 1.93. The van der Waals surface area contributed by atoms with Gasteiger partial charge in [-0.25, -0.2) is 0 Å². The monoisotopic (exact) mass is 252 g/mol. The lowest BCUT2D eigenvalue weighted by molar-refractivity contribution is 0.472. The fourth-order valence-corrected chi connectivity index (χ4v) is 0.957. The Morgan fingerprint density at radius 2 is 2.30 bits per heavy atom. The van der Waals surface area contributed by atoms with Crippen LogP contribution < -0.4 is 11.3 Å². The molecule has 0 aliphatic heterocycles. The minimum Gasteiger partial charge on any atom is -0.504 e. The Bertz CT molecular complexity index is 307. The molecule has 0 atom stereocenters. The van der Waals surface area contributed by atoms with E-state index >= 15 is 0 Å². The first kappa shape index (κ1) is 7.39. The van der Waals surface area contributed by atoms with Crippen molar-refractivity contribution in [2.45, 2.75) is 0 Å². The van der Waals surface area contributed by atoms with E-state index in [1.165, 1.54) is 6.20 Å². The molecule has 1 aromatic rings. The Hall–Kier alpha value is -0.720. The summed E-state index contributed by atoms with van der Waals surface area (Å²) >= 11 is 1.87. The van der Waals surface area contributed by atoms with Crippen LogP contribution in [0, 0.1) is 3.57 Å². The zero-order valence-electron chi connectivity index (χ0n) is 4.89. The maximum atomic E-state index is 10.6. The number of nitrogens with two attached hydrogens (primary N) is 1. The molecule has 0 fully saturated rings. The van der Waals surface area contributed by atoms with Gasteiger partial charge in [0.15, 0.2) is 5.75 Å². The van der Waals surface area contributed by atoms with Gasteiger partial charge >= 0.3 is 0 Å². The van der Waals surface area contributed by atoms with Crippen molar-refractivity contribution in [3.8, 4) is 5.75 Å². The van der Waals surface area contributed by atoms with E-state index in [2.05, 4.69) is 4.98 Å². The summed E-state index contributed by atoms with van der Waals surface area (Å²) in [6, 6.07) is 0. The van der Waals surface area contributed by atoms with Gasteiger partial charge in [-0.05, 0) is 22.6 Å². The van der Waals surface area contributed by atoms with Gasteiger partial charge < -0.3 is 15.8 Å². The normalized spacial score (nSPS) is 9.70. The van der Waals surface area contributed by atoms with Gasteiger partial charge in [-0.3, -0.25) is 4.79 Å². The van der Waals surface area contributed by atoms with Gasteiger partial charge in [0.2, 0.25) is 0 Å². The standard InChI is InChI=1S/C5H5IN2O2/c6-2-1-8-5(10)3(7)4(2)9/h1H,7H2,(H2,8,9,10). The lowest BCUT2D eigenvalue weighted by Crippen LogP contribution is -2.11. The van der Waals surface area contributed by atoms with Crippen molar-refractivity contribution in [2.24, 2.45) is 0 Å². The number of rotatable bonds is 0. The summed E-state index contributed by atoms with van der Waals surface area (Å²) in [6.07, 6.45) is 1.40. The number of pyridine rings is 1. The fraction of sp³-hybridized carbons (Fsp3) is 0. The molecule has 5 heteroatoms. The van der Waals surface area contributed by atoms with Gasteiger partial charge in [0, 0.05) is 6.20 Å². The average molecular weight is 252 g/mol. The predicted molar refractivity (Wildman–Crippen MR) is 45.9 cm³/mol. The Morgan fingerprint density at radius 3 is 2.80 bits per heavy atom. The van der Waals surface area contributed by atoms with Gasteiger partial charge in [-0.15, -0.1) is 0 Å². The molecule has 0 amide bonds. The highest BCUT2D eigenvalue weighted by Gasteiger charge is 2.04. The maximum Gasteiger partial charge on any atom is 0.274 e. The fourth-order valence-electron chi connectivity index (χ4n) is 0.511. The lowest BCUT2D eigenvalue weighted by atomic mass is 10.4. The summed E-state index contributed by atoms with van der Waals surface area (Å²) in [5, 5.41) is 9.03. The van der Waals surface area contributed by atoms with E-state index in [9.17, 15) is 4.79 Å². The largest absolute Gasteiger partial charge is 0.504 e. The van der Waals surface area contributed by atoms with Crippen LogP contribution in [0.4, 0.5) is 5.69 Å². The molecule has 0 spiro atoms. The van der Waals surface area contributed by atoms with Crippen molar-refractivity contribution in [1.82, 2.24) is 4.98 Å². The minimum absolute atomic E-state index is 0.132. The quantitative estimate of drug-likeness (QED) is 0.580. The second-order valence-electron chi connectivity index (χ2n) is 1.73. The van der Waals surface area contributed by atoms with Crippen LogP contribution in [0.3, 0.4) is 0 Å². The zero-order valence-corrected chi connectivity index (χ0v) is 7.05. The molecule has 1 rings (SSSR count). The Balaban J connectivity index is 3.49. The molecule has 1 heterocycles. The van der Waals surface area contributed by atoms with Gasteiger partial charge in [0.25, 0.3) is 5.56 Å². The van der Waals surface area contributed by atoms with E-state index < -0.39 is 5.56 Å². The molecule has 4 nitrogen and oxygen atoms in total. The zero-order chi connectivity index (χ0) is 7.72. The van der Waals surface area contributed by atoms with Crippen molar-refractivity contribution in [3.63, 3.8) is 0 Å². The van der Waals surface area contributed by atoms with Gasteiger partial charge in [0.1, 0.15) is 5.69 Å². The van der Waals surface area contributed by atoms with Crippen LogP contribution in [0.2, 0.25) is 0 Å². The summed E-state index contributed by atoms with van der Waals surface area (Å²) in [6.45, 7) is 0. The SMILES string of the molecule is Nc1c(O)c(I)c[nH]c1=O. The maximum absolute atomic E-state index is 10.6. The third-order valence-corrected chi connectivity index (χ3v) is 1.88. The number of halogens is 1. The Morgan fingerprint density at radius 1 is 1.70 bits per heavy atom. The molecule has 0 aliphatic rings. The van der Waals surface area contributed by atoms with E-state index in [0.29, 0.717) is 3.57 Å². The van der Waals surface area contributed by atoms with Crippen LogP contribution in [-0.2, 0) is 0 Å². The first-order valence-electron chi connectivity index (χ1n) is 2.48. The third-order valence-electron chi connectivity index (χ3n) is 1.06. The Kier molecular flexibility index (Phi) is 1.84. The molecule has 1 aromatic heterocycles. The number of hydrogen-bond donors (Lipinski definition) is 3. The molecule has 0 radical (unpaired) electrons.